The van der Waals surface area contributed by atoms with E-state index in [1.165, 1.54) is 68.3 Å². The second kappa shape index (κ2) is 8.73. The number of hydrogen-bond donors (Lipinski definition) is 1. The molecule has 7 aliphatic carbocycles. The third kappa shape index (κ3) is 3.56. The maximum atomic E-state index is 12.7. The van der Waals surface area contributed by atoms with Gasteiger partial charge in [0.15, 0.2) is 0 Å². The first-order valence-corrected chi connectivity index (χ1v) is 16.3. The molecular formula is C36H46O3. The third-order valence-electron chi connectivity index (χ3n) is 13.7. The summed E-state index contributed by atoms with van der Waals surface area (Å²) in [5.41, 5.74) is 4.71. The summed E-state index contributed by atoms with van der Waals surface area (Å²) < 4.78 is 7.02. The van der Waals surface area contributed by atoms with E-state index < -0.39 is 0 Å². The topological polar surface area (TPSA) is 46.5 Å². The molecule has 0 radical (unpaired) electrons. The van der Waals surface area contributed by atoms with Crippen molar-refractivity contribution in [2.24, 2.45) is 46.3 Å². The zero-order valence-electron chi connectivity index (χ0n) is 24.0. The van der Waals surface area contributed by atoms with E-state index in [1.54, 1.807) is 5.57 Å². The maximum absolute atomic E-state index is 12.7. The van der Waals surface area contributed by atoms with Gasteiger partial charge in [-0.2, -0.15) is 0 Å². The second-order valence-corrected chi connectivity index (χ2v) is 15.1. The van der Waals surface area contributed by atoms with Gasteiger partial charge in [0.25, 0.3) is 0 Å². The fraction of sp³-hybridized carbons (Fsp3) is 0.694. The number of fused-ring (bicyclic) bond motifs is 10. The molecular weight excluding hydrogens is 480 g/mol. The van der Waals surface area contributed by atoms with Gasteiger partial charge < -0.3 is 9.84 Å². The molecule has 39 heavy (non-hydrogen) atoms. The smallest absolute Gasteiger partial charge is 0.139 e. The highest BCUT2D eigenvalue weighted by Gasteiger charge is 2.57. The molecule has 3 nitrogen and oxygen atoms in total. The Kier molecular flexibility index (Phi) is 5.54. The summed E-state index contributed by atoms with van der Waals surface area (Å²) in [5, 5.41) is 10.0. The lowest BCUT2D eigenvalue weighted by Gasteiger charge is -2.51. The first-order valence-electron chi connectivity index (χ1n) is 16.3. The number of phenolic OH excluding ortho intramolecular Hbond substituents is 1. The van der Waals surface area contributed by atoms with Crippen molar-refractivity contribution in [1.82, 2.24) is 0 Å². The van der Waals surface area contributed by atoms with Crippen LogP contribution in [0.3, 0.4) is 0 Å². The highest BCUT2D eigenvalue weighted by atomic mass is 16.5. The summed E-state index contributed by atoms with van der Waals surface area (Å²) in [5.74, 6) is 7.18. The van der Waals surface area contributed by atoms with Crippen molar-refractivity contribution >= 4 is 5.78 Å². The van der Waals surface area contributed by atoms with Gasteiger partial charge >= 0.3 is 0 Å². The molecule has 1 aromatic carbocycles. The van der Waals surface area contributed by atoms with Gasteiger partial charge in [-0.25, -0.2) is 0 Å². The van der Waals surface area contributed by atoms with Crippen molar-refractivity contribution < 1.29 is 14.6 Å². The van der Waals surface area contributed by atoms with Crippen LogP contribution in [-0.2, 0) is 16.0 Å². The summed E-state index contributed by atoms with van der Waals surface area (Å²) in [6.45, 7) is 4.84. The number of aromatic hydroxyl groups is 1. The molecule has 4 saturated carbocycles. The Morgan fingerprint density at radius 2 is 1.74 bits per heavy atom. The highest BCUT2D eigenvalue weighted by Crippen LogP contribution is 2.63. The van der Waals surface area contributed by atoms with E-state index in [9.17, 15) is 9.90 Å². The van der Waals surface area contributed by atoms with Crippen molar-refractivity contribution in [2.45, 2.75) is 109 Å². The largest absolute Gasteiger partial charge is 0.508 e. The van der Waals surface area contributed by atoms with Gasteiger partial charge in [-0.05, 0) is 147 Å². The number of benzene rings is 1. The van der Waals surface area contributed by atoms with Gasteiger partial charge in [0.05, 0.1) is 5.76 Å². The SMILES string of the molecule is C[C@]12CC[C@@H]3c4ccc(O)cc4CC[C@H]3[C@@H]1CC[C@@H]2OC1=CC2=CC[C@@H]3[C@H](CC[C@]4(C)C(=O)CC[C@@H]34)[C@H]2CC1. The molecule has 0 heterocycles. The summed E-state index contributed by atoms with van der Waals surface area (Å²) in [7, 11) is 0. The minimum Gasteiger partial charge on any atom is -0.508 e. The molecule has 3 heteroatoms. The maximum Gasteiger partial charge on any atom is 0.139 e. The minimum absolute atomic E-state index is 0.0268. The van der Waals surface area contributed by atoms with Crippen LogP contribution in [0, 0.1) is 46.3 Å². The third-order valence-corrected chi connectivity index (χ3v) is 13.7. The first-order chi connectivity index (χ1) is 18.8. The molecule has 1 aromatic rings. The predicted molar refractivity (Wildman–Crippen MR) is 153 cm³/mol. The number of hydrogen-bond acceptors (Lipinski definition) is 3. The molecule has 0 aliphatic heterocycles. The number of ether oxygens (including phenoxy) is 1. The monoisotopic (exact) mass is 526 g/mol. The number of carbonyl (C=O) groups excluding carboxylic acids is 1. The fourth-order valence-corrected chi connectivity index (χ4v) is 11.7. The summed E-state index contributed by atoms with van der Waals surface area (Å²) >= 11 is 0. The van der Waals surface area contributed by atoms with Crippen LogP contribution in [0.25, 0.3) is 0 Å². The van der Waals surface area contributed by atoms with Gasteiger partial charge in [-0.15, -0.1) is 0 Å². The average molecular weight is 527 g/mol. The van der Waals surface area contributed by atoms with Gasteiger partial charge in [-0.1, -0.05) is 26.0 Å². The molecule has 8 rings (SSSR count). The van der Waals surface area contributed by atoms with E-state index in [4.69, 9.17) is 4.74 Å². The van der Waals surface area contributed by atoms with Gasteiger partial charge in [-0.3, -0.25) is 4.79 Å². The molecule has 0 amide bonds. The number of allylic oxidation sites excluding steroid dienone is 4. The molecule has 7 aliphatic rings. The van der Waals surface area contributed by atoms with Crippen molar-refractivity contribution in [2.75, 3.05) is 0 Å². The fourth-order valence-electron chi connectivity index (χ4n) is 11.7. The van der Waals surface area contributed by atoms with E-state index in [1.807, 2.05) is 12.1 Å². The Hall–Kier alpha value is -2.03. The van der Waals surface area contributed by atoms with E-state index >= 15 is 0 Å². The molecule has 1 N–H and O–H groups in total. The summed E-state index contributed by atoms with van der Waals surface area (Å²) in [4.78, 5) is 12.7. The zero-order chi connectivity index (χ0) is 26.5. The Morgan fingerprint density at radius 3 is 2.64 bits per heavy atom. The number of Topliss-reactive ketones (excluding diaryl/α,β-unsaturated/α-hetero) is 1. The van der Waals surface area contributed by atoms with Crippen molar-refractivity contribution in [3.63, 3.8) is 0 Å². The van der Waals surface area contributed by atoms with Crippen LogP contribution in [0.4, 0.5) is 0 Å². The van der Waals surface area contributed by atoms with E-state index in [-0.39, 0.29) is 10.8 Å². The van der Waals surface area contributed by atoms with Crippen LogP contribution in [0.15, 0.2) is 41.7 Å². The predicted octanol–water partition coefficient (Wildman–Crippen LogP) is 8.27. The van der Waals surface area contributed by atoms with Crippen LogP contribution in [0.5, 0.6) is 5.75 Å². The number of aryl methyl sites for hydroxylation is 1. The van der Waals surface area contributed by atoms with Crippen LogP contribution in [-0.4, -0.2) is 17.0 Å². The molecule has 0 bridgehead atoms. The number of rotatable bonds is 2. The van der Waals surface area contributed by atoms with Crippen molar-refractivity contribution in [3.05, 3.63) is 52.8 Å². The minimum atomic E-state index is -0.0268. The van der Waals surface area contributed by atoms with Gasteiger partial charge in [0.2, 0.25) is 0 Å². The number of phenols is 1. The normalized spacial score (nSPS) is 46.1. The molecule has 0 unspecified atom stereocenters. The lowest BCUT2D eigenvalue weighted by atomic mass is 9.53. The van der Waals surface area contributed by atoms with E-state index in [0.717, 1.165) is 49.9 Å². The van der Waals surface area contributed by atoms with Crippen LogP contribution in [0.2, 0.25) is 0 Å². The first kappa shape index (κ1) is 24.7. The van der Waals surface area contributed by atoms with Crippen LogP contribution >= 0.6 is 0 Å². The molecule has 0 saturated heterocycles. The summed E-state index contributed by atoms with van der Waals surface area (Å²) in [6, 6.07) is 6.14. The average Bonchev–Trinajstić information content (AvgIpc) is 3.43. The quantitative estimate of drug-likeness (QED) is 0.422. The highest BCUT2D eigenvalue weighted by molar-refractivity contribution is 5.87. The molecule has 0 aromatic heterocycles. The second-order valence-electron chi connectivity index (χ2n) is 15.1. The Balaban J connectivity index is 0.988. The Morgan fingerprint density at radius 1 is 0.846 bits per heavy atom. The lowest BCUT2D eigenvalue weighted by Crippen LogP contribution is -2.46. The van der Waals surface area contributed by atoms with Gasteiger partial charge in [0.1, 0.15) is 17.6 Å². The number of carbonyl (C=O) groups is 1. The molecule has 208 valence electrons. The van der Waals surface area contributed by atoms with Gasteiger partial charge in [0, 0.05) is 23.7 Å². The van der Waals surface area contributed by atoms with E-state index in [0.29, 0.717) is 41.3 Å². The number of ketones is 1. The molecule has 0 spiro atoms. The zero-order valence-corrected chi connectivity index (χ0v) is 24.0. The van der Waals surface area contributed by atoms with E-state index in [2.05, 4.69) is 32.1 Å². The summed E-state index contributed by atoms with van der Waals surface area (Å²) in [6.07, 6.45) is 20.5. The van der Waals surface area contributed by atoms with Crippen LogP contribution in [0.1, 0.15) is 108 Å². The Labute approximate surface area is 234 Å². The molecule has 10 atom stereocenters. The van der Waals surface area contributed by atoms with Crippen molar-refractivity contribution in [3.8, 4) is 5.75 Å². The lowest BCUT2D eigenvalue weighted by molar-refractivity contribution is -0.130. The van der Waals surface area contributed by atoms with Crippen LogP contribution < -0.4 is 0 Å². The Bertz CT molecular complexity index is 1260. The standard InChI is InChI=1S/C36H46O3/c1-35-17-15-27-26-10-6-24(20-22(26)4-8-29(27)31(35)11-13-33(35)38)39-34-14-12-32-30-7-3-21-19-23(37)5-9-25(21)28(30)16-18-36(32,34)2/h4-5,9,19-20,26-32,34,37H,3,6-8,10-18H2,1-2H3/t26-,27+,28+,29+,30+,31-,32-,34-,35-,36-/m0/s1. The molecule has 4 fully saturated rings. The van der Waals surface area contributed by atoms with Crippen molar-refractivity contribution in [1.29, 1.82) is 0 Å².